The number of pyridine rings is 1. The molecule has 0 saturated carbocycles. The van der Waals surface area contributed by atoms with Crippen LogP contribution in [0.15, 0.2) is 24.3 Å². The number of carboxylic acid groups (broad SMARTS) is 1. The van der Waals surface area contributed by atoms with Gasteiger partial charge < -0.3 is 14.7 Å². The summed E-state index contributed by atoms with van der Waals surface area (Å²) >= 11 is 0. The number of sulfonamides is 1. The van der Waals surface area contributed by atoms with E-state index in [-0.39, 0.29) is 53.5 Å². The van der Waals surface area contributed by atoms with Crippen LogP contribution in [-0.2, 0) is 27.0 Å². The van der Waals surface area contributed by atoms with Gasteiger partial charge in [-0.25, -0.2) is 17.6 Å². The van der Waals surface area contributed by atoms with Crippen LogP contribution < -0.4 is 14.4 Å². The zero-order valence-electron chi connectivity index (χ0n) is 17.8. The maximum absolute atomic E-state index is 13.3. The predicted octanol–water partition coefficient (Wildman–Crippen LogP) is 1.44. The minimum absolute atomic E-state index is 0.0632. The van der Waals surface area contributed by atoms with Gasteiger partial charge in [0.15, 0.2) is 5.82 Å². The lowest BCUT2D eigenvalue weighted by Crippen LogP contribution is -2.55. The molecular formula is C21H21FN4O6S. The highest BCUT2D eigenvalue weighted by Gasteiger charge is 2.38. The van der Waals surface area contributed by atoms with E-state index >= 15 is 0 Å². The van der Waals surface area contributed by atoms with Crippen molar-refractivity contribution in [2.45, 2.75) is 19.1 Å². The molecular weight excluding hydrogens is 455 g/mol. The second kappa shape index (κ2) is 9.41. The number of aromatic carboxylic acids is 1. The van der Waals surface area contributed by atoms with Crippen molar-refractivity contribution in [3.05, 3.63) is 52.3 Å². The first-order chi connectivity index (χ1) is 15.6. The van der Waals surface area contributed by atoms with Crippen molar-refractivity contribution in [2.75, 3.05) is 25.1 Å². The Balaban J connectivity index is 1.75. The summed E-state index contributed by atoms with van der Waals surface area (Å²) in [5.41, 5.74) is 0.329. The average molecular weight is 476 g/mol. The Labute approximate surface area is 189 Å². The summed E-state index contributed by atoms with van der Waals surface area (Å²) in [5.74, 6) is -3.83. The average Bonchev–Trinajstić information content (AvgIpc) is 2.70. The number of methoxy groups -OCH3 is 1. The Morgan fingerprint density at radius 2 is 2.09 bits per heavy atom. The lowest BCUT2D eigenvalue weighted by atomic mass is 9.96. The second-order valence-corrected chi connectivity index (χ2v) is 9.12. The van der Waals surface area contributed by atoms with E-state index in [1.807, 2.05) is 10.8 Å². The van der Waals surface area contributed by atoms with Gasteiger partial charge in [-0.15, -0.1) is 0 Å². The van der Waals surface area contributed by atoms with Crippen molar-refractivity contribution in [1.82, 2.24) is 9.71 Å². The fourth-order valence-corrected chi connectivity index (χ4v) is 4.77. The summed E-state index contributed by atoms with van der Waals surface area (Å²) < 4.78 is 45.0. The van der Waals surface area contributed by atoms with Crippen molar-refractivity contribution in [2.24, 2.45) is 5.92 Å². The van der Waals surface area contributed by atoms with Gasteiger partial charge in [0, 0.05) is 13.1 Å². The highest BCUT2D eigenvalue weighted by Crippen LogP contribution is 2.34. The van der Waals surface area contributed by atoms with E-state index in [1.165, 1.54) is 25.3 Å². The smallest absolute Gasteiger partial charge is 0.341 e. The number of hydrogen-bond acceptors (Lipinski definition) is 8. The van der Waals surface area contributed by atoms with Crippen LogP contribution in [0.3, 0.4) is 0 Å². The van der Waals surface area contributed by atoms with E-state index in [2.05, 4.69) is 4.98 Å². The SMILES string of the molecule is CCc1c(C#N)c(N2CC(C(=O)NS(=O)(=O)Cc3cccc(F)c3)C2)nc(OC)c1C(=O)O. The third kappa shape index (κ3) is 5.04. The topological polar surface area (TPSA) is 150 Å². The molecule has 1 amide bonds. The van der Waals surface area contributed by atoms with Crippen LogP contribution in [0.5, 0.6) is 5.88 Å². The summed E-state index contributed by atoms with van der Waals surface area (Å²) in [4.78, 5) is 29.8. The molecule has 174 valence electrons. The molecule has 3 rings (SSSR count). The number of amides is 1. The first-order valence-electron chi connectivity index (χ1n) is 9.88. The molecule has 1 saturated heterocycles. The summed E-state index contributed by atoms with van der Waals surface area (Å²) in [6.45, 7) is 1.84. The Morgan fingerprint density at radius 3 is 2.64 bits per heavy atom. The molecule has 10 nitrogen and oxygen atoms in total. The van der Waals surface area contributed by atoms with E-state index in [1.54, 1.807) is 11.8 Å². The zero-order chi connectivity index (χ0) is 24.3. The van der Waals surface area contributed by atoms with Gasteiger partial charge in [0.05, 0.1) is 24.3 Å². The molecule has 0 aliphatic carbocycles. The van der Waals surface area contributed by atoms with Crippen molar-refractivity contribution in [3.8, 4) is 11.9 Å². The number of nitriles is 1. The summed E-state index contributed by atoms with van der Waals surface area (Å²) in [5, 5.41) is 19.1. The van der Waals surface area contributed by atoms with Gasteiger partial charge in [0.1, 0.15) is 17.4 Å². The van der Waals surface area contributed by atoms with Crippen LogP contribution in [0.4, 0.5) is 10.2 Å². The standard InChI is InChI=1S/C21H21FN4O6S/c1-3-15-16(8-23)18(24-20(32-2)17(15)21(28)29)26-9-13(10-26)19(27)25-33(30,31)11-12-5-4-6-14(22)7-12/h4-7,13H,3,9-11H2,1-2H3,(H,25,27)(H,28,29). The molecule has 0 bridgehead atoms. The van der Waals surface area contributed by atoms with Gasteiger partial charge >= 0.3 is 5.97 Å². The number of carbonyl (C=O) groups excluding carboxylic acids is 1. The van der Waals surface area contributed by atoms with Gasteiger partial charge in [-0.05, 0) is 29.7 Å². The lowest BCUT2D eigenvalue weighted by Gasteiger charge is -2.39. The number of hydrogen-bond donors (Lipinski definition) is 2. The first-order valence-corrected chi connectivity index (χ1v) is 11.5. The molecule has 33 heavy (non-hydrogen) atoms. The summed E-state index contributed by atoms with van der Waals surface area (Å²) in [7, 11) is -2.78. The molecule has 1 fully saturated rings. The van der Waals surface area contributed by atoms with E-state index in [0.717, 1.165) is 6.07 Å². The Kier molecular flexibility index (Phi) is 6.83. The number of aromatic nitrogens is 1. The zero-order valence-corrected chi connectivity index (χ0v) is 18.6. The molecule has 1 aromatic carbocycles. The number of rotatable bonds is 8. The first kappa shape index (κ1) is 23.9. The van der Waals surface area contributed by atoms with E-state index in [9.17, 15) is 32.8 Å². The van der Waals surface area contributed by atoms with Crippen molar-refractivity contribution in [3.63, 3.8) is 0 Å². The molecule has 0 radical (unpaired) electrons. The molecule has 2 heterocycles. The third-order valence-corrected chi connectivity index (χ3v) is 6.40. The number of carboxylic acids is 1. The molecule has 1 aliphatic heterocycles. The van der Waals surface area contributed by atoms with Crippen LogP contribution in [0, 0.1) is 23.1 Å². The van der Waals surface area contributed by atoms with Gasteiger partial charge in [-0.3, -0.25) is 9.52 Å². The molecule has 12 heteroatoms. The highest BCUT2D eigenvalue weighted by atomic mass is 32.2. The van der Waals surface area contributed by atoms with Gasteiger partial charge in [0.25, 0.3) is 0 Å². The van der Waals surface area contributed by atoms with Gasteiger partial charge in [-0.2, -0.15) is 10.2 Å². The number of nitrogens with one attached hydrogen (secondary N) is 1. The minimum atomic E-state index is -4.04. The van der Waals surface area contributed by atoms with Gasteiger partial charge in [0.2, 0.25) is 21.8 Å². The monoisotopic (exact) mass is 476 g/mol. The largest absolute Gasteiger partial charge is 0.480 e. The minimum Gasteiger partial charge on any atom is -0.480 e. The Bertz CT molecular complexity index is 1250. The Hall–Kier alpha value is -3.72. The quantitative estimate of drug-likeness (QED) is 0.577. The van der Waals surface area contributed by atoms with E-state index in [0.29, 0.717) is 0 Å². The van der Waals surface area contributed by atoms with Crippen LogP contribution in [0.1, 0.15) is 34.0 Å². The Morgan fingerprint density at radius 1 is 1.39 bits per heavy atom. The van der Waals surface area contributed by atoms with E-state index in [4.69, 9.17) is 4.74 Å². The molecule has 0 atom stereocenters. The van der Waals surface area contributed by atoms with Crippen LogP contribution in [0.2, 0.25) is 0 Å². The van der Waals surface area contributed by atoms with E-state index < -0.39 is 39.4 Å². The summed E-state index contributed by atoms with van der Waals surface area (Å²) in [6.07, 6.45) is 0.243. The normalized spacial score (nSPS) is 13.7. The lowest BCUT2D eigenvalue weighted by molar-refractivity contribution is -0.123. The number of halogens is 1. The number of ether oxygens (including phenoxy) is 1. The fraction of sp³-hybridized carbons (Fsp3) is 0.333. The van der Waals surface area contributed by atoms with Crippen molar-refractivity contribution < 1.29 is 32.2 Å². The molecule has 2 N–H and O–H groups in total. The highest BCUT2D eigenvalue weighted by molar-refractivity contribution is 7.89. The molecule has 0 unspecified atom stereocenters. The second-order valence-electron chi connectivity index (χ2n) is 7.40. The number of benzene rings is 1. The van der Waals surface area contributed by atoms with Crippen LogP contribution >= 0.6 is 0 Å². The number of nitrogens with zero attached hydrogens (tertiary/aromatic N) is 3. The molecule has 1 aliphatic rings. The van der Waals surface area contributed by atoms with Crippen molar-refractivity contribution >= 4 is 27.7 Å². The number of anilines is 1. The maximum Gasteiger partial charge on any atom is 0.341 e. The molecule has 0 spiro atoms. The van der Waals surface area contributed by atoms with Crippen LogP contribution in [-0.4, -0.2) is 50.6 Å². The molecule has 2 aromatic rings. The summed E-state index contributed by atoms with van der Waals surface area (Å²) in [6, 6.07) is 7.04. The molecule has 1 aromatic heterocycles. The number of carbonyl (C=O) groups is 2. The van der Waals surface area contributed by atoms with Gasteiger partial charge in [-0.1, -0.05) is 19.1 Å². The fourth-order valence-electron chi connectivity index (χ4n) is 3.60. The predicted molar refractivity (Wildman–Crippen MR) is 115 cm³/mol. The third-order valence-electron chi connectivity index (χ3n) is 5.17. The van der Waals surface area contributed by atoms with Crippen LogP contribution in [0.25, 0.3) is 0 Å². The maximum atomic E-state index is 13.3. The van der Waals surface area contributed by atoms with Crippen molar-refractivity contribution in [1.29, 1.82) is 5.26 Å².